The van der Waals surface area contributed by atoms with Gasteiger partial charge in [-0.15, -0.1) is 0 Å². The molecule has 1 aliphatic carbocycles. The molecule has 0 saturated carbocycles. The first-order valence-electron chi connectivity index (χ1n) is 22.0. The molecule has 0 saturated heterocycles. The molecule has 1 aliphatic rings. The summed E-state index contributed by atoms with van der Waals surface area (Å²) in [5.41, 5.74) is 14.6. The van der Waals surface area contributed by atoms with Gasteiger partial charge < -0.3 is 9.88 Å². The molecule has 1 N–H and O–H groups in total. The van der Waals surface area contributed by atoms with E-state index in [2.05, 4.69) is 259 Å². The van der Waals surface area contributed by atoms with Crippen molar-refractivity contribution in [3.05, 3.63) is 260 Å². The summed E-state index contributed by atoms with van der Waals surface area (Å²) in [5, 5.41) is 10.8. The average molecular weight is 823 g/mol. The molecule has 10 aromatic rings. The zero-order valence-corrected chi connectivity index (χ0v) is 36.1. The third-order valence-corrected chi connectivity index (χ3v) is 15.7. The van der Waals surface area contributed by atoms with Crippen molar-refractivity contribution in [1.82, 2.24) is 4.57 Å². The molecule has 0 bridgehead atoms. The SMILES string of the molecule is C1=C(c2ccc3c(c2)c2ccccc2n3-c2cccc(-c3ccccc3)c2)C=C(c2ccccc2)CC1Nc1cccc(-c2cccc([SiH](c3ccccc3)c3ccccc3)c2)c1. The minimum absolute atomic E-state index is 0.0903. The van der Waals surface area contributed by atoms with Crippen molar-refractivity contribution in [2.75, 3.05) is 5.32 Å². The highest BCUT2D eigenvalue weighted by Gasteiger charge is 2.22. The van der Waals surface area contributed by atoms with Crippen LogP contribution in [0.5, 0.6) is 0 Å². The Labute approximate surface area is 371 Å². The topological polar surface area (TPSA) is 17.0 Å². The summed E-state index contributed by atoms with van der Waals surface area (Å²) in [6.45, 7) is 0. The molecule has 1 atom stereocenters. The molecule has 11 rings (SSSR count). The fourth-order valence-corrected chi connectivity index (χ4v) is 12.6. The van der Waals surface area contributed by atoms with Crippen molar-refractivity contribution < 1.29 is 0 Å². The number of allylic oxidation sites excluding steroid dienone is 2. The Morgan fingerprint density at radius 3 is 1.68 bits per heavy atom. The van der Waals surface area contributed by atoms with Crippen molar-refractivity contribution in [2.24, 2.45) is 0 Å². The van der Waals surface area contributed by atoms with Crippen molar-refractivity contribution in [3.8, 4) is 27.9 Å². The fraction of sp³-hybridized carbons (Fsp3) is 0.0333. The van der Waals surface area contributed by atoms with Gasteiger partial charge in [-0.3, -0.25) is 0 Å². The standard InChI is InChI=1S/C60H46N2Si/c1-5-18-43(19-6-1)46-23-16-26-53(40-46)62-59-33-14-13-32-57(59)58-42-48(34-35-60(58)62)50-36-49(44-20-7-2-8-21-44)38-52(39-50)61-51-25-15-22-45(37-51)47-24-17-31-56(41-47)63(54-27-9-3-10-28-54)55-29-11-4-12-30-55/h1-37,39-42,52,61,63H,38H2. The molecule has 2 nitrogen and oxygen atoms in total. The highest BCUT2D eigenvalue weighted by atomic mass is 28.3. The number of benzene rings is 9. The summed E-state index contributed by atoms with van der Waals surface area (Å²) in [6.07, 6.45) is 5.71. The summed E-state index contributed by atoms with van der Waals surface area (Å²) < 4.78 is 2.42. The Morgan fingerprint density at radius 1 is 0.397 bits per heavy atom. The van der Waals surface area contributed by atoms with Crippen LogP contribution in [0.3, 0.4) is 0 Å². The zero-order valence-electron chi connectivity index (χ0n) is 35.0. The lowest BCUT2D eigenvalue weighted by Crippen LogP contribution is -2.51. The molecule has 1 aromatic heterocycles. The molecule has 1 unspecified atom stereocenters. The Kier molecular flexibility index (Phi) is 10.3. The second kappa shape index (κ2) is 17.0. The zero-order chi connectivity index (χ0) is 42.0. The number of nitrogens with one attached hydrogen (secondary N) is 1. The molecule has 0 radical (unpaired) electrons. The van der Waals surface area contributed by atoms with Gasteiger partial charge in [0.15, 0.2) is 0 Å². The second-order valence-electron chi connectivity index (χ2n) is 16.6. The van der Waals surface area contributed by atoms with Gasteiger partial charge in [0.2, 0.25) is 0 Å². The van der Waals surface area contributed by atoms with Crippen molar-refractivity contribution in [1.29, 1.82) is 0 Å². The van der Waals surface area contributed by atoms with Crippen LogP contribution in [0, 0.1) is 0 Å². The minimum Gasteiger partial charge on any atom is -0.378 e. The summed E-state index contributed by atoms with van der Waals surface area (Å²) >= 11 is 0. The largest absolute Gasteiger partial charge is 0.378 e. The lowest BCUT2D eigenvalue weighted by atomic mass is 9.87. The summed E-state index contributed by atoms with van der Waals surface area (Å²) in [5.74, 6) is 0. The maximum atomic E-state index is 3.98. The monoisotopic (exact) mass is 822 g/mol. The van der Waals surface area contributed by atoms with Gasteiger partial charge >= 0.3 is 0 Å². The summed E-state index contributed by atoms with van der Waals surface area (Å²) in [7, 11) is -1.67. The van der Waals surface area contributed by atoms with Gasteiger partial charge in [-0.05, 0) is 93.4 Å². The lowest BCUT2D eigenvalue weighted by Gasteiger charge is -2.25. The molecule has 300 valence electrons. The van der Waals surface area contributed by atoms with Crippen LogP contribution in [0.1, 0.15) is 17.5 Å². The predicted molar refractivity (Wildman–Crippen MR) is 271 cm³/mol. The average Bonchev–Trinajstić information content (AvgIpc) is 3.69. The van der Waals surface area contributed by atoms with Gasteiger partial charge in [0.25, 0.3) is 0 Å². The van der Waals surface area contributed by atoms with Crippen molar-refractivity contribution in [3.63, 3.8) is 0 Å². The maximum Gasteiger partial charge on any atom is 0.132 e. The number of rotatable bonds is 10. The van der Waals surface area contributed by atoms with E-state index in [9.17, 15) is 0 Å². The highest BCUT2D eigenvalue weighted by molar-refractivity contribution is 6.95. The van der Waals surface area contributed by atoms with Crippen LogP contribution in [0.25, 0.3) is 60.9 Å². The first-order chi connectivity index (χ1) is 31.2. The smallest absolute Gasteiger partial charge is 0.132 e. The Bertz CT molecular complexity index is 3240. The number of fused-ring (bicyclic) bond motifs is 3. The van der Waals surface area contributed by atoms with Gasteiger partial charge in [0.05, 0.1) is 11.0 Å². The van der Waals surface area contributed by atoms with Crippen LogP contribution in [0.2, 0.25) is 0 Å². The van der Waals surface area contributed by atoms with E-state index in [-0.39, 0.29) is 6.04 Å². The third-order valence-electron chi connectivity index (χ3n) is 12.5. The van der Waals surface area contributed by atoms with Gasteiger partial charge in [-0.1, -0.05) is 222 Å². The van der Waals surface area contributed by atoms with E-state index >= 15 is 0 Å². The van der Waals surface area contributed by atoms with Crippen molar-refractivity contribution in [2.45, 2.75) is 12.5 Å². The van der Waals surface area contributed by atoms with E-state index in [1.54, 1.807) is 0 Å². The Balaban J connectivity index is 0.946. The third kappa shape index (κ3) is 7.76. The number of hydrogen-bond acceptors (Lipinski definition) is 1. The number of aromatic nitrogens is 1. The Hall–Kier alpha value is -7.72. The first kappa shape index (κ1) is 38.2. The maximum absolute atomic E-state index is 3.98. The number of anilines is 1. The van der Waals surface area contributed by atoms with Crippen molar-refractivity contribution >= 4 is 63.0 Å². The summed E-state index contributed by atoms with van der Waals surface area (Å²) in [6, 6.07) is 86.7. The molecular weight excluding hydrogens is 777 g/mol. The van der Waals surface area contributed by atoms with Crippen LogP contribution in [-0.4, -0.2) is 19.4 Å². The molecule has 63 heavy (non-hydrogen) atoms. The Morgan fingerprint density at radius 2 is 0.952 bits per heavy atom. The molecule has 1 heterocycles. The van der Waals surface area contributed by atoms with E-state index in [0.717, 1.165) is 17.8 Å². The summed E-state index contributed by atoms with van der Waals surface area (Å²) in [4.78, 5) is 0. The number of para-hydroxylation sites is 1. The van der Waals surface area contributed by atoms with E-state index in [1.165, 1.54) is 81.9 Å². The normalized spacial score (nSPS) is 13.8. The molecule has 0 fully saturated rings. The van der Waals surface area contributed by atoms with Crippen LogP contribution >= 0.6 is 0 Å². The lowest BCUT2D eigenvalue weighted by molar-refractivity contribution is 0.900. The van der Waals surface area contributed by atoms with Gasteiger partial charge in [-0.25, -0.2) is 0 Å². The molecule has 0 amide bonds. The molecule has 9 aromatic carbocycles. The minimum atomic E-state index is -1.67. The molecule has 3 heteroatoms. The predicted octanol–water partition coefficient (Wildman–Crippen LogP) is 12.7. The van der Waals surface area contributed by atoms with E-state index < -0.39 is 8.80 Å². The van der Waals surface area contributed by atoms with E-state index in [0.29, 0.717) is 0 Å². The highest BCUT2D eigenvalue weighted by Crippen LogP contribution is 2.38. The fourth-order valence-electron chi connectivity index (χ4n) is 9.59. The molecular formula is C60H46N2Si. The quantitative estimate of drug-likeness (QED) is 0.107. The second-order valence-corrected chi connectivity index (χ2v) is 19.4. The van der Waals surface area contributed by atoms with Gasteiger partial charge in [0, 0.05) is 28.2 Å². The molecule has 0 aliphatic heterocycles. The van der Waals surface area contributed by atoms with Crippen LogP contribution in [0.15, 0.2) is 249 Å². The number of hydrogen-bond donors (Lipinski definition) is 1. The van der Waals surface area contributed by atoms with Crippen LogP contribution in [-0.2, 0) is 0 Å². The number of nitrogens with zero attached hydrogens (tertiary/aromatic N) is 1. The van der Waals surface area contributed by atoms with Crippen LogP contribution in [0.4, 0.5) is 5.69 Å². The van der Waals surface area contributed by atoms with Crippen LogP contribution < -0.4 is 20.9 Å². The van der Waals surface area contributed by atoms with Gasteiger partial charge in [-0.2, -0.15) is 0 Å². The first-order valence-corrected chi connectivity index (χ1v) is 23.7. The van der Waals surface area contributed by atoms with E-state index in [4.69, 9.17) is 0 Å². The van der Waals surface area contributed by atoms with Gasteiger partial charge in [0.1, 0.15) is 8.80 Å². The van der Waals surface area contributed by atoms with E-state index in [1.807, 2.05) is 0 Å². The molecule has 0 spiro atoms.